The van der Waals surface area contributed by atoms with Gasteiger partial charge in [-0.05, 0) is 90.2 Å². The largest absolute Gasteiger partial charge is 0.444 e. The van der Waals surface area contributed by atoms with Gasteiger partial charge in [-0.15, -0.1) is 0 Å². The van der Waals surface area contributed by atoms with Crippen molar-refractivity contribution in [2.24, 2.45) is 5.73 Å². The highest BCUT2D eigenvalue weighted by Gasteiger charge is 2.51. The Morgan fingerprint density at radius 2 is 1.82 bits per heavy atom. The van der Waals surface area contributed by atoms with Gasteiger partial charge < -0.3 is 15.2 Å². The van der Waals surface area contributed by atoms with E-state index in [2.05, 4.69) is 18.2 Å². The van der Waals surface area contributed by atoms with Crippen LogP contribution in [0.1, 0.15) is 96.3 Å². The summed E-state index contributed by atoms with van der Waals surface area (Å²) in [6.07, 6.45) is 7.99. The molecule has 0 aromatic heterocycles. The number of allylic oxidation sites excluding steroid dienone is 1. The van der Waals surface area contributed by atoms with Crippen molar-refractivity contribution in [3.05, 3.63) is 47.0 Å². The lowest BCUT2D eigenvalue weighted by Gasteiger charge is -2.34. The molecule has 3 unspecified atom stereocenters. The number of benzene rings is 1. The Morgan fingerprint density at radius 1 is 1.18 bits per heavy atom. The zero-order chi connectivity index (χ0) is 24.2. The molecule has 1 aliphatic carbocycles. The lowest BCUT2D eigenvalue weighted by Crippen LogP contribution is -2.50. The van der Waals surface area contributed by atoms with E-state index in [1.807, 2.05) is 12.1 Å². The number of amides is 1. The SMILES string of the molecule is CC(C)(C)OC(=O)N1C(CF)C(c2ccc(C3CCC/C=C(/CN)CCC3)cc2)OC1(C)C. The van der Waals surface area contributed by atoms with Crippen molar-refractivity contribution in [2.45, 2.75) is 103 Å². The van der Waals surface area contributed by atoms with Crippen LogP contribution in [0.25, 0.3) is 0 Å². The summed E-state index contributed by atoms with van der Waals surface area (Å²) in [6, 6.07) is 7.64. The number of nitrogens with two attached hydrogens (primary N) is 1. The molecule has 1 aliphatic heterocycles. The number of hydrogen-bond acceptors (Lipinski definition) is 4. The van der Waals surface area contributed by atoms with Gasteiger partial charge in [-0.1, -0.05) is 35.9 Å². The van der Waals surface area contributed by atoms with Gasteiger partial charge >= 0.3 is 6.09 Å². The summed E-state index contributed by atoms with van der Waals surface area (Å²) < 4.78 is 26.0. The van der Waals surface area contributed by atoms with Gasteiger partial charge in [-0.2, -0.15) is 0 Å². The first-order valence-corrected chi connectivity index (χ1v) is 12.3. The van der Waals surface area contributed by atoms with E-state index in [-0.39, 0.29) is 0 Å². The predicted octanol–water partition coefficient (Wildman–Crippen LogP) is 6.39. The van der Waals surface area contributed by atoms with Crippen molar-refractivity contribution in [3.8, 4) is 0 Å². The number of hydrogen-bond donors (Lipinski definition) is 1. The van der Waals surface area contributed by atoms with Crippen LogP contribution in [0.3, 0.4) is 0 Å². The van der Waals surface area contributed by atoms with E-state index >= 15 is 0 Å². The third kappa shape index (κ3) is 6.36. The van der Waals surface area contributed by atoms with Gasteiger partial charge in [0, 0.05) is 6.54 Å². The molecule has 6 heteroatoms. The third-order valence-corrected chi connectivity index (χ3v) is 6.66. The van der Waals surface area contributed by atoms with Crippen LogP contribution < -0.4 is 5.73 Å². The molecule has 1 aromatic rings. The van der Waals surface area contributed by atoms with E-state index in [0.29, 0.717) is 12.5 Å². The molecular weight excluding hydrogens is 419 g/mol. The maximum atomic E-state index is 14.2. The summed E-state index contributed by atoms with van der Waals surface area (Å²) in [5.41, 5.74) is 7.80. The number of halogens is 1. The maximum Gasteiger partial charge on any atom is 0.413 e. The topological polar surface area (TPSA) is 64.8 Å². The Morgan fingerprint density at radius 3 is 2.42 bits per heavy atom. The first kappa shape index (κ1) is 25.7. The molecule has 3 rings (SSSR count). The van der Waals surface area contributed by atoms with E-state index in [1.165, 1.54) is 16.0 Å². The summed E-state index contributed by atoms with van der Waals surface area (Å²) >= 11 is 0. The van der Waals surface area contributed by atoms with E-state index in [4.69, 9.17) is 15.2 Å². The van der Waals surface area contributed by atoms with Gasteiger partial charge in [0.15, 0.2) is 0 Å². The van der Waals surface area contributed by atoms with E-state index in [1.54, 1.807) is 34.6 Å². The van der Waals surface area contributed by atoms with Crippen molar-refractivity contribution in [1.29, 1.82) is 0 Å². The van der Waals surface area contributed by atoms with Gasteiger partial charge in [-0.25, -0.2) is 9.18 Å². The maximum absolute atomic E-state index is 14.2. The molecule has 0 radical (unpaired) electrons. The fourth-order valence-electron chi connectivity index (χ4n) is 5.06. The Bertz CT molecular complexity index is 829. The quantitative estimate of drug-likeness (QED) is 0.529. The van der Waals surface area contributed by atoms with Crippen LogP contribution in [-0.4, -0.2) is 41.6 Å². The minimum Gasteiger partial charge on any atom is -0.444 e. The van der Waals surface area contributed by atoms with Gasteiger partial charge in [0.25, 0.3) is 0 Å². The molecule has 0 bridgehead atoms. The lowest BCUT2D eigenvalue weighted by molar-refractivity contribution is -0.0797. The van der Waals surface area contributed by atoms with Gasteiger partial charge in [0.1, 0.15) is 24.1 Å². The summed E-state index contributed by atoms with van der Waals surface area (Å²) in [5, 5.41) is 0. The van der Waals surface area contributed by atoms with E-state index in [0.717, 1.165) is 44.1 Å². The van der Waals surface area contributed by atoms with Crippen molar-refractivity contribution >= 4 is 6.09 Å². The number of rotatable bonds is 4. The molecule has 2 aliphatic rings. The third-order valence-electron chi connectivity index (χ3n) is 6.66. The zero-order valence-corrected chi connectivity index (χ0v) is 20.9. The standard InChI is InChI=1S/C27H41FN2O3/c1-26(2,3)33-25(31)30-23(17-28)24(32-27(30,4)5)22-15-13-21(14-16-22)20-11-7-6-9-19(18-29)10-8-12-20/h9,13-16,20,23-24H,6-8,10-12,17-18,29H2,1-5H3/b19-9+. The number of ether oxygens (including phenoxy) is 2. The van der Waals surface area contributed by atoms with Gasteiger partial charge in [-0.3, -0.25) is 4.90 Å². The highest BCUT2D eigenvalue weighted by Crippen LogP contribution is 2.42. The minimum absolute atomic E-state index is 0.515. The van der Waals surface area contributed by atoms with Crippen LogP contribution in [0.5, 0.6) is 0 Å². The zero-order valence-electron chi connectivity index (χ0n) is 20.9. The molecule has 1 heterocycles. The second kappa shape index (κ2) is 10.6. The van der Waals surface area contributed by atoms with Crippen LogP contribution in [0.15, 0.2) is 35.9 Å². The van der Waals surface area contributed by atoms with Crippen molar-refractivity contribution < 1.29 is 18.7 Å². The normalized spacial score (nSPS) is 27.8. The number of alkyl halides is 1. The molecule has 0 saturated carbocycles. The van der Waals surface area contributed by atoms with Crippen LogP contribution >= 0.6 is 0 Å². The lowest BCUT2D eigenvalue weighted by atomic mass is 9.88. The Kier molecular flexibility index (Phi) is 8.22. The van der Waals surface area contributed by atoms with Crippen LogP contribution in [0.2, 0.25) is 0 Å². The average molecular weight is 461 g/mol. The molecular formula is C27H41FN2O3. The Labute approximate surface area is 198 Å². The van der Waals surface area contributed by atoms with Crippen LogP contribution in [-0.2, 0) is 9.47 Å². The van der Waals surface area contributed by atoms with Crippen LogP contribution in [0.4, 0.5) is 9.18 Å². The smallest absolute Gasteiger partial charge is 0.413 e. The van der Waals surface area contributed by atoms with Crippen LogP contribution in [0, 0.1) is 0 Å². The highest BCUT2D eigenvalue weighted by molar-refractivity contribution is 5.70. The molecule has 1 amide bonds. The first-order valence-electron chi connectivity index (χ1n) is 12.3. The summed E-state index contributed by atoms with van der Waals surface area (Å²) in [7, 11) is 0. The predicted molar refractivity (Wildman–Crippen MR) is 130 cm³/mol. The van der Waals surface area contributed by atoms with Gasteiger partial charge in [0.2, 0.25) is 0 Å². The average Bonchev–Trinajstić information content (AvgIpc) is 3.09. The number of nitrogens with zero attached hydrogens (tertiary/aromatic N) is 1. The number of carbonyl (C=O) groups is 1. The molecule has 3 atom stereocenters. The molecule has 1 fully saturated rings. The molecule has 1 saturated heterocycles. The second-order valence-electron chi connectivity index (χ2n) is 10.8. The summed E-state index contributed by atoms with van der Waals surface area (Å²) in [5.74, 6) is 0.515. The minimum atomic E-state index is -0.964. The molecule has 2 N–H and O–H groups in total. The van der Waals surface area contributed by atoms with E-state index < -0.39 is 36.2 Å². The first-order chi connectivity index (χ1) is 15.6. The van der Waals surface area contributed by atoms with Crippen molar-refractivity contribution in [3.63, 3.8) is 0 Å². The van der Waals surface area contributed by atoms with E-state index in [9.17, 15) is 9.18 Å². The molecule has 5 nitrogen and oxygen atoms in total. The number of carbonyl (C=O) groups excluding carboxylic acids is 1. The fraction of sp³-hybridized carbons (Fsp3) is 0.667. The molecule has 0 spiro atoms. The van der Waals surface area contributed by atoms with Crippen molar-refractivity contribution in [2.75, 3.05) is 13.2 Å². The monoisotopic (exact) mass is 460 g/mol. The molecule has 184 valence electrons. The highest BCUT2D eigenvalue weighted by atomic mass is 19.1. The summed E-state index contributed by atoms with van der Waals surface area (Å²) in [4.78, 5) is 14.3. The fourth-order valence-corrected chi connectivity index (χ4v) is 5.06. The second-order valence-corrected chi connectivity index (χ2v) is 10.8. The molecule has 33 heavy (non-hydrogen) atoms. The molecule has 1 aromatic carbocycles. The van der Waals surface area contributed by atoms with Crippen molar-refractivity contribution in [1.82, 2.24) is 4.90 Å². The summed E-state index contributed by atoms with van der Waals surface area (Å²) in [6.45, 7) is 8.95. The Hall–Kier alpha value is -1.92. The van der Waals surface area contributed by atoms with Gasteiger partial charge in [0.05, 0.1) is 6.04 Å². The Balaban J connectivity index is 1.75.